The van der Waals surface area contributed by atoms with Gasteiger partial charge in [-0.3, -0.25) is 10.1 Å². The average Bonchev–Trinajstić information content (AvgIpc) is 3.19. The summed E-state index contributed by atoms with van der Waals surface area (Å²) in [4.78, 5) is 23.4. The molecule has 0 saturated carbocycles. The first-order valence-corrected chi connectivity index (χ1v) is 9.85. The number of amides is 1. The summed E-state index contributed by atoms with van der Waals surface area (Å²) >= 11 is 3.38. The highest BCUT2D eigenvalue weighted by atomic mass is 79.9. The van der Waals surface area contributed by atoms with Gasteiger partial charge in [0.2, 0.25) is 17.8 Å². The van der Waals surface area contributed by atoms with Crippen LogP contribution in [0.25, 0.3) is 0 Å². The molecule has 0 bridgehead atoms. The molecule has 2 N–H and O–H groups in total. The Morgan fingerprint density at radius 1 is 1.14 bits per heavy atom. The van der Waals surface area contributed by atoms with Crippen molar-refractivity contribution in [2.24, 2.45) is 0 Å². The Morgan fingerprint density at radius 2 is 1.93 bits per heavy atom. The van der Waals surface area contributed by atoms with Crippen molar-refractivity contribution < 1.29 is 9.53 Å². The van der Waals surface area contributed by atoms with Crippen molar-refractivity contribution in [3.63, 3.8) is 0 Å². The minimum absolute atomic E-state index is 0.220. The largest absolute Gasteiger partial charge is 0.438 e. The summed E-state index contributed by atoms with van der Waals surface area (Å²) in [5.41, 5.74) is 0.307. The summed E-state index contributed by atoms with van der Waals surface area (Å²) in [6, 6.07) is 10.6. The first kappa shape index (κ1) is 18.4. The molecule has 1 saturated heterocycles. The van der Waals surface area contributed by atoms with E-state index in [1.54, 1.807) is 30.5 Å². The second-order valence-electron chi connectivity index (χ2n) is 6.40. The smallest absolute Gasteiger partial charge is 0.263 e. The molecule has 4 rings (SSSR count). The Hall–Kier alpha value is -2.94. The number of nitrogens with zero attached hydrogens (tertiary/aromatic N) is 4. The molecule has 1 aliphatic rings. The third-order valence-electron chi connectivity index (χ3n) is 4.39. The molecule has 0 radical (unpaired) electrons. The molecule has 9 heteroatoms. The van der Waals surface area contributed by atoms with Crippen molar-refractivity contribution >= 4 is 33.7 Å². The number of halogens is 1. The fourth-order valence-corrected chi connectivity index (χ4v) is 3.24. The van der Waals surface area contributed by atoms with Crippen molar-refractivity contribution in [3.8, 4) is 11.6 Å². The highest BCUT2D eigenvalue weighted by molar-refractivity contribution is 9.10. The number of aromatic nitrogens is 4. The molecule has 0 spiro atoms. The van der Waals surface area contributed by atoms with Crippen LogP contribution >= 0.6 is 15.9 Å². The standard InChI is InChI=1S/C19H19BrN6O2/c20-13-6-8-14(9-7-13)28-17-15(5-4-10-21-17)16(27)22-18-23-19(25-24-18)26-11-2-1-3-12-26/h4-10H,1-3,11-12H2,(H2,22,23,24,25,27). The van der Waals surface area contributed by atoms with E-state index in [1.165, 1.54) is 6.42 Å². The maximum atomic E-state index is 12.7. The molecule has 1 aromatic carbocycles. The predicted octanol–water partition coefficient (Wildman–Crippen LogP) is 4.00. The number of hydrogen-bond donors (Lipinski definition) is 2. The van der Waals surface area contributed by atoms with Gasteiger partial charge in [0, 0.05) is 23.8 Å². The lowest BCUT2D eigenvalue weighted by Crippen LogP contribution is -2.30. The van der Waals surface area contributed by atoms with Crippen LogP contribution in [-0.4, -0.2) is 39.2 Å². The third kappa shape index (κ3) is 4.30. The SMILES string of the molecule is O=C(Nc1nc(N2CCCCC2)n[nH]1)c1cccnc1Oc1ccc(Br)cc1. The Morgan fingerprint density at radius 3 is 2.71 bits per heavy atom. The monoisotopic (exact) mass is 442 g/mol. The zero-order valence-corrected chi connectivity index (χ0v) is 16.6. The van der Waals surface area contributed by atoms with Gasteiger partial charge >= 0.3 is 0 Å². The Kier molecular flexibility index (Phi) is 5.52. The maximum absolute atomic E-state index is 12.7. The second-order valence-corrected chi connectivity index (χ2v) is 7.31. The lowest BCUT2D eigenvalue weighted by Gasteiger charge is -2.24. The molecule has 144 valence electrons. The molecule has 3 heterocycles. The minimum Gasteiger partial charge on any atom is -0.438 e. The van der Waals surface area contributed by atoms with Crippen molar-refractivity contribution in [3.05, 3.63) is 52.6 Å². The molecule has 8 nitrogen and oxygen atoms in total. The normalized spacial score (nSPS) is 14.0. The number of rotatable bonds is 5. The van der Waals surface area contributed by atoms with Gasteiger partial charge in [-0.2, -0.15) is 4.98 Å². The summed E-state index contributed by atoms with van der Waals surface area (Å²) in [7, 11) is 0. The number of carbonyl (C=O) groups is 1. The summed E-state index contributed by atoms with van der Waals surface area (Å²) in [5, 5.41) is 9.72. The van der Waals surface area contributed by atoms with Crippen LogP contribution < -0.4 is 15.0 Å². The quantitative estimate of drug-likeness (QED) is 0.619. The average molecular weight is 443 g/mol. The number of hydrogen-bond acceptors (Lipinski definition) is 6. The second kappa shape index (κ2) is 8.39. The maximum Gasteiger partial charge on any atom is 0.263 e. The van der Waals surface area contributed by atoms with Gasteiger partial charge in [0.25, 0.3) is 5.91 Å². The van der Waals surface area contributed by atoms with Crippen LogP contribution in [0.2, 0.25) is 0 Å². The van der Waals surface area contributed by atoms with Crippen LogP contribution in [0.4, 0.5) is 11.9 Å². The number of benzene rings is 1. The zero-order valence-electron chi connectivity index (χ0n) is 15.1. The van der Waals surface area contributed by atoms with E-state index in [0.29, 0.717) is 23.2 Å². The molecular weight excluding hydrogens is 424 g/mol. The fraction of sp³-hybridized carbons (Fsp3) is 0.263. The van der Waals surface area contributed by atoms with Gasteiger partial charge < -0.3 is 9.64 Å². The minimum atomic E-state index is -0.374. The molecule has 0 aliphatic carbocycles. The molecular formula is C19H19BrN6O2. The molecule has 2 aromatic heterocycles. The van der Waals surface area contributed by atoms with Gasteiger partial charge in [0.15, 0.2) is 0 Å². The van der Waals surface area contributed by atoms with E-state index in [0.717, 1.165) is 30.4 Å². The number of H-pyrrole nitrogens is 1. The van der Waals surface area contributed by atoms with E-state index >= 15 is 0 Å². The van der Waals surface area contributed by atoms with Crippen LogP contribution in [0, 0.1) is 0 Å². The lowest BCUT2D eigenvalue weighted by atomic mass is 10.1. The van der Waals surface area contributed by atoms with Crippen LogP contribution in [-0.2, 0) is 0 Å². The van der Waals surface area contributed by atoms with E-state index in [4.69, 9.17) is 4.74 Å². The van der Waals surface area contributed by atoms with Crippen LogP contribution in [0.15, 0.2) is 47.1 Å². The molecule has 1 fully saturated rings. The molecule has 0 unspecified atom stereocenters. The van der Waals surface area contributed by atoms with E-state index < -0.39 is 0 Å². The van der Waals surface area contributed by atoms with E-state index in [9.17, 15) is 4.79 Å². The highest BCUT2D eigenvalue weighted by Crippen LogP contribution is 2.25. The number of anilines is 2. The number of nitrogens with one attached hydrogen (secondary N) is 2. The molecule has 1 amide bonds. The lowest BCUT2D eigenvalue weighted by molar-refractivity contribution is 0.102. The number of piperidine rings is 1. The highest BCUT2D eigenvalue weighted by Gasteiger charge is 2.19. The van der Waals surface area contributed by atoms with Crippen molar-refractivity contribution in [2.45, 2.75) is 19.3 Å². The first-order chi connectivity index (χ1) is 13.7. The van der Waals surface area contributed by atoms with Gasteiger partial charge in [-0.05, 0) is 55.7 Å². The van der Waals surface area contributed by atoms with Crippen LogP contribution in [0.5, 0.6) is 11.6 Å². The van der Waals surface area contributed by atoms with Gasteiger partial charge in [0.05, 0.1) is 0 Å². The first-order valence-electron chi connectivity index (χ1n) is 9.06. The number of carbonyl (C=O) groups excluding carboxylic acids is 1. The molecule has 0 atom stereocenters. The van der Waals surface area contributed by atoms with Gasteiger partial charge in [0.1, 0.15) is 11.3 Å². The number of ether oxygens (including phenoxy) is 1. The van der Waals surface area contributed by atoms with Crippen LogP contribution in [0.1, 0.15) is 29.6 Å². The summed E-state index contributed by atoms with van der Waals surface area (Å²) in [6.45, 7) is 1.86. The number of pyridine rings is 1. The Labute approximate surface area is 170 Å². The predicted molar refractivity (Wildman–Crippen MR) is 109 cm³/mol. The molecule has 3 aromatic rings. The van der Waals surface area contributed by atoms with E-state index in [2.05, 4.69) is 46.3 Å². The Bertz CT molecular complexity index is 953. The fourth-order valence-electron chi connectivity index (χ4n) is 2.98. The van der Waals surface area contributed by atoms with Crippen LogP contribution in [0.3, 0.4) is 0 Å². The van der Waals surface area contributed by atoms with Gasteiger partial charge in [-0.15, -0.1) is 5.10 Å². The molecule has 1 aliphatic heterocycles. The van der Waals surface area contributed by atoms with Gasteiger partial charge in [-0.25, -0.2) is 10.1 Å². The van der Waals surface area contributed by atoms with E-state index in [-0.39, 0.29) is 11.8 Å². The van der Waals surface area contributed by atoms with Crippen molar-refractivity contribution in [2.75, 3.05) is 23.3 Å². The summed E-state index contributed by atoms with van der Waals surface area (Å²) in [5.74, 6) is 1.33. The van der Waals surface area contributed by atoms with Crippen molar-refractivity contribution in [1.29, 1.82) is 0 Å². The van der Waals surface area contributed by atoms with Crippen molar-refractivity contribution in [1.82, 2.24) is 20.2 Å². The van der Waals surface area contributed by atoms with E-state index in [1.807, 2.05) is 12.1 Å². The molecule has 28 heavy (non-hydrogen) atoms. The summed E-state index contributed by atoms with van der Waals surface area (Å²) < 4.78 is 6.72. The summed E-state index contributed by atoms with van der Waals surface area (Å²) in [6.07, 6.45) is 5.06. The third-order valence-corrected chi connectivity index (χ3v) is 4.92. The Balaban J connectivity index is 1.48. The topological polar surface area (TPSA) is 96.0 Å². The van der Waals surface area contributed by atoms with Gasteiger partial charge in [-0.1, -0.05) is 15.9 Å². The number of aromatic amines is 1. The zero-order chi connectivity index (χ0) is 19.3.